The first-order valence-corrected chi connectivity index (χ1v) is 5.60. The number of carbonyl (C=O) groups is 1. The zero-order valence-electron chi connectivity index (χ0n) is 9.70. The van der Waals surface area contributed by atoms with Crippen molar-refractivity contribution in [2.75, 3.05) is 0 Å². The van der Waals surface area contributed by atoms with Crippen LogP contribution in [0.4, 0.5) is 0 Å². The van der Waals surface area contributed by atoms with Crippen LogP contribution in [0, 0.1) is 5.92 Å². The van der Waals surface area contributed by atoms with Crippen LogP contribution in [0.3, 0.4) is 0 Å². The van der Waals surface area contributed by atoms with Crippen LogP contribution in [0.2, 0.25) is 0 Å². The average Bonchev–Trinajstić information content (AvgIpc) is 2.12. The van der Waals surface area contributed by atoms with E-state index in [-0.39, 0.29) is 36.7 Å². The lowest BCUT2D eigenvalue weighted by atomic mass is 9.92. The molecule has 17 heavy (non-hydrogen) atoms. The molecule has 2 saturated heterocycles. The van der Waals surface area contributed by atoms with Crippen LogP contribution in [0.5, 0.6) is 0 Å². The fourth-order valence-electron chi connectivity index (χ4n) is 2.28. The Morgan fingerprint density at radius 3 is 2.47 bits per heavy atom. The zero-order valence-corrected chi connectivity index (χ0v) is 9.70. The highest BCUT2D eigenvalue weighted by Crippen LogP contribution is 2.30. The van der Waals surface area contributed by atoms with E-state index in [2.05, 4.69) is 6.92 Å². The third-order valence-corrected chi connectivity index (χ3v) is 3.15. The molecule has 2 fully saturated rings. The Morgan fingerprint density at radius 2 is 1.76 bits per heavy atom. The Morgan fingerprint density at radius 1 is 1.12 bits per heavy atom. The van der Waals surface area contributed by atoms with E-state index in [9.17, 15) is 4.79 Å². The van der Waals surface area contributed by atoms with Crippen LogP contribution < -0.4 is 0 Å². The smallest absolute Gasteiger partial charge is 0.308 e. The van der Waals surface area contributed by atoms with Crippen LogP contribution in [0.15, 0.2) is 0 Å². The molecule has 104 valence electrons. The Bertz CT molecular complexity index is 219. The third-order valence-electron chi connectivity index (χ3n) is 3.15. The minimum absolute atomic E-state index is 0. The van der Waals surface area contributed by atoms with Gasteiger partial charge in [0.25, 0.3) is 0 Å². The van der Waals surface area contributed by atoms with Crippen LogP contribution in [0.1, 0.15) is 52.9 Å². The van der Waals surface area contributed by atoms with Gasteiger partial charge in [-0.05, 0) is 26.2 Å². The molecule has 0 radical (unpaired) electrons. The van der Waals surface area contributed by atoms with E-state index in [4.69, 9.17) is 9.47 Å². The molecule has 5 nitrogen and oxygen atoms in total. The van der Waals surface area contributed by atoms with E-state index in [1.165, 1.54) is 12.8 Å². The van der Waals surface area contributed by atoms with Crippen LogP contribution in [0.25, 0.3) is 0 Å². The number of carbonyl (C=O) groups excluding carboxylic acids is 1. The monoisotopic (exact) mass is 250 g/mol. The molecule has 0 aliphatic carbocycles. The standard InChI is InChI=1S/C11H18O3.CH4.2H2O/c1-8-4-2-3-5-9-6-7-10(12)14-11(9)13-8;;;/h8-9,11H,2-7H2,1H3;1H4;2*1H2/t8-,9?,11-;;;/m0.../s1. The Hall–Kier alpha value is -0.650. The van der Waals surface area contributed by atoms with E-state index in [1.54, 1.807) is 0 Å². The van der Waals surface area contributed by atoms with Gasteiger partial charge in [0.1, 0.15) is 0 Å². The molecule has 0 aromatic carbocycles. The second-order valence-electron chi connectivity index (χ2n) is 4.39. The quantitative estimate of drug-likeness (QED) is 0.604. The second-order valence-corrected chi connectivity index (χ2v) is 4.39. The second kappa shape index (κ2) is 8.44. The van der Waals surface area contributed by atoms with Gasteiger partial charge in [-0.25, -0.2) is 0 Å². The molecule has 0 amide bonds. The zero-order chi connectivity index (χ0) is 9.97. The van der Waals surface area contributed by atoms with Crippen LogP contribution in [-0.2, 0) is 14.3 Å². The van der Waals surface area contributed by atoms with Gasteiger partial charge in [0.2, 0.25) is 6.29 Å². The van der Waals surface area contributed by atoms with Gasteiger partial charge in [0.15, 0.2) is 0 Å². The highest BCUT2D eigenvalue weighted by atomic mass is 16.7. The van der Waals surface area contributed by atoms with Gasteiger partial charge in [-0.2, -0.15) is 0 Å². The lowest BCUT2D eigenvalue weighted by Gasteiger charge is -2.34. The molecule has 3 atom stereocenters. The summed E-state index contributed by atoms with van der Waals surface area (Å²) in [6.07, 6.45) is 6.19. The van der Waals surface area contributed by atoms with Crippen molar-refractivity contribution in [3.05, 3.63) is 0 Å². The summed E-state index contributed by atoms with van der Waals surface area (Å²) in [6, 6.07) is 0. The molecular weight excluding hydrogens is 224 g/mol. The topological polar surface area (TPSA) is 98.5 Å². The van der Waals surface area contributed by atoms with E-state index in [1.807, 2.05) is 0 Å². The first-order valence-electron chi connectivity index (χ1n) is 5.60. The van der Waals surface area contributed by atoms with Crippen LogP contribution >= 0.6 is 0 Å². The summed E-state index contributed by atoms with van der Waals surface area (Å²) in [5.41, 5.74) is 0. The molecule has 0 bridgehead atoms. The Labute approximate surface area is 103 Å². The fraction of sp³-hybridized carbons (Fsp3) is 0.917. The minimum atomic E-state index is -0.258. The van der Waals surface area contributed by atoms with Crippen molar-refractivity contribution in [1.82, 2.24) is 0 Å². The lowest BCUT2D eigenvalue weighted by molar-refractivity contribution is -0.219. The molecule has 5 heteroatoms. The van der Waals surface area contributed by atoms with E-state index in [0.29, 0.717) is 12.3 Å². The largest absolute Gasteiger partial charge is 0.435 e. The maximum absolute atomic E-state index is 11.1. The predicted molar refractivity (Wildman–Crippen MR) is 65.6 cm³/mol. The summed E-state index contributed by atoms with van der Waals surface area (Å²) in [4.78, 5) is 11.1. The highest BCUT2D eigenvalue weighted by molar-refractivity contribution is 5.70. The number of esters is 1. The van der Waals surface area contributed by atoms with E-state index < -0.39 is 0 Å². The van der Waals surface area contributed by atoms with Crippen molar-refractivity contribution in [2.24, 2.45) is 5.92 Å². The molecule has 1 unspecified atom stereocenters. The predicted octanol–water partition coefficient (Wildman–Crippen LogP) is 1.23. The highest BCUT2D eigenvalue weighted by Gasteiger charge is 2.33. The third kappa shape index (κ3) is 5.02. The number of hydrogen-bond acceptors (Lipinski definition) is 3. The number of hydrogen-bond donors (Lipinski definition) is 0. The van der Waals surface area contributed by atoms with Gasteiger partial charge in [-0.1, -0.05) is 20.3 Å². The number of rotatable bonds is 0. The first kappa shape index (κ1) is 18.7. The molecule has 0 spiro atoms. The molecule has 2 aliphatic heterocycles. The van der Waals surface area contributed by atoms with Crippen molar-refractivity contribution in [2.45, 2.75) is 65.3 Å². The van der Waals surface area contributed by atoms with Crippen molar-refractivity contribution in [3.63, 3.8) is 0 Å². The van der Waals surface area contributed by atoms with E-state index in [0.717, 1.165) is 19.3 Å². The SMILES string of the molecule is C.C[C@H]1CCCCC2CCC(=O)O[C@@H]2O1.O.O. The maximum Gasteiger partial charge on any atom is 0.308 e. The number of fused-ring (bicyclic) bond motifs is 1. The number of ether oxygens (including phenoxy) is 2. The first-order chi connectivity index (χ1) is 6.75. The molecule has 0 aromatic heterocycles. The van der Waals surface area contributed by atoms with Gasteiger partial charge >= 0.3 is 5.97 Å². The van der Waals surface area contributed by atoms with Crippen LogP contribution in [-0.4, -0.2) is 29.3 Å². The van der Waals surface area contributed by atoms with Gasteiger partial charge in [0.05, 0.1) is 6.10 Å². The normalized spacial score (nSPS) is 32.3. The summed E-state index contributed by atoms with van der Waals surface area (Å²) >= 11 is 0. The Kier molecular flexibility index (Phi) is 9.29. The van der Waals surface area contributed by atoms with Gasteiger partial charge in [0, 0.05) is 12.3 Å². The van der Waals surface area contributed by atoms with Crippen molar-refractivity contribution < 1.29 is 25.2 Å². The molecule has 2 heterocycles. The summed E-state index contributed by atoms with van der Waals surface area (Å²) in [7, 11) is 0. The minimum Gasteiger partial charge on any atom is -0.435 e. The summed E-state index contributed by atoms with van der Waals surface area (Å²) in [5, 5.41) is 0. The molecule has 2 rings (SSSR count). The van der Waals surface area contributed by atoms with Gasteiger partial charge < -0.3 is 20.4 Å². The van der Waals surface area contributed by atoms with Crippen molar-refractivity contribution in [1.29, 1.82) is 0 Å². The summed E-state index contributed by atoms with van der Waals surface area (Å²) < 4.78 is 11.0. The summed E-state index contributed by atoms with van der Waals surface area (Å²) in [5.74, 6) is 0.342. The maximum atomic E-state index is 11.1. The molecule has 4 N–H and O–H groups in total. The Balaban J connectivity index is 0. The fourth-order valence-corrected chi connectivity index (χ4v) is 2.28. The molecular formula is C12H26O5. The van der Waals surface area contributed by atoms with Crippen molar-refractivity contribution >= 4 is 5.97 Å². The average molecular weight is 250 g/mol. The lowest BCUT2D eigenvalue weighted by Crippen LogP contribution is -2.38. The van der Waals surface area contributed by atoms with Gasteiger partial charge in [-0.15, -0.1) is 0 Å². The van der Waals surface area contributed by atoms with Gasteiger partial charge in [-0.3, -0.25) is 4.79 Å². The molecule has 2 aliphatic rings. The molecule has 0 saturated carbocycles. The van der Waals surface area contributed by atoms with Crippen molar-refractivity contribution in [3.8, 4) is 0 Å². The summed E-state index contributed by atoms with van der Waals surface area (Å²) in [6.45, 7) is 2.06. The molecule has 0 aromatic rings. The van der Waals surface area contributed by atoms with E-state index >= 15 is 0 Å².